The summed E-state index contributed by atoms with van der Waals surface area (Å²) < 4.78 is 43.0. The van der Waals surface area contributed by atoms with Crippen molar-refractivity contribution in [1.29, 1.82) is 0 Å². The number of carbonyl (C=O) groups is 2. The van der Waals surface area contributed by atoms with Gasteiger partial charge in [0.2, 0.25) is 0 Å². The fraction of sp³-hybridized carbons (Fsp3) is 0.933. The van der Waals surface area contributed by atoms with Crippen molar-refractivity contribution >= 4 is 22.1 Å². The molecule has 0 saturated carbocycles. The van der Waals surface area contributed by atoms with Gasteiger partial charge in [0.05, 0.1) is 19.6 Å². The van der Waals surface area contributed by atoms with Crippen LogP contribution < -0.4 is 0 Å². The van der Waals surface area contributed by atoms with E-state index in [1.807, 2.05) is 6.92 Å². The summed E-state index contributed by atoms with van der Waals surface area (Å²) >= 11 is 0. The number of ether oxygens (including phenoxy) is 2. The SMILES string of the molecule is CCCCCCCCCCCCCCCCCCOC(=O)C(CC(=O)OCC(CC)CCCC)S(=O)(=O)O. The maximum atomic E-state index is 12.3. The first-order valence-electron chi connectivity index (χ1n) is 15.5. The van der Waals surface area contributed by atoms with Crippen LogP contribution in [0.3, 0.4) is 0 Å². The van der Waals surface area contributed by atoms with Gasteiger partial charge in [-0.15, -0.1) is 0 Å². The molecule has 2 atom stereocenters. The lowest BCUT2D eigenvalue weighted by molar-refractivity contribution is -0.151. The molecule has 7 nitrogen and oxygen atoms in total. The Morgan fingerprint density at radius 3 is 1.53 bits per heavy atom. The molecule has 0 aliphatic carbocycles. The minimum atomic E-state index is -4.77. The molecule has 0 heterocycles. The van der Waals surface area contributed by atoms with Gasteiger partial charge in [0.25, 0.3) is 10.1 Å². The van der Waals surface area contributed by atoms with Gasteiger partial charge in [0.15, 0.2) is 5.25 Å². The van der Waals surface area contributed by atoms with Crippen LogP contribution in [-0.4, -0.2) is 43.4 Å². The van der Waals surface area contributed by atoms with Crippen LogP contribution in [0.4, 0.5) is 0 Å². The Balaban J connectivity index is 3.91. The molecule has 0 aliphatic rings. The Hall–Kier alpha value is -1.15. The normalized spacial score (nSPS) is 13.3. The van der Waals surface area contributed by atoms with Crippen molar-refractivity contribution in [2.75, 3.05) is 13.2 Å². The fourth-order valence-electron chi connectivity index (χ4n) is 4.55. The van der Waals surface area contributed by atoms with Crippen LogP contribution in [0, 0.1) is 5.92 Å². The van der Waals surface area contributed by atoms with Crippen LogP contribution in [0.1, 0.15) is 156 Å². The summed E-state index contributed by atoms with van der Waals surface area (Å²) in [7, 11) is -4.77. The Morgan fingerprint density at radius 1 is 0.658 bits per heavy atom. The van der Waals surface area contributed by atoms with E-state index >= 15 is 0 Å². The van der Waals surface area contributed by atoms with Gasteiger partial charge in [-0.1, -0.05) is 136 Å². The third-order valence-corrected chi connectivity index (χ3v) is 8.32. The van der Waals surface area contributed by atoms with Crippen molar-refractivity contribution in [2.45, 2.75) is 161 Å². The lowest BCUT2D eigenvalue weighted by Gasteiger charge is -2.16. The molecule has 8 heteroatoms. The highest BCUT2D eigenvalue weighted by Crippen LogP contribution is 2.16. The molecule has 0 rings (SSSR count). The first-order chi connectivity index (χ1) is 18.3. The predicted molar refractivity (Wildman–Crippen MR) is 155 cm³/mol. The molecule has 0 radical (unpaired) electrons. The zero-order valence-corrected chi connectivity index (χ0v) is 25.5. The molecule has 0 fully saturated rings. The molecule has 2 unspecified atom stereocenters. The van der Waals surface area contributed by atoms with Gasteiger partial charge >= 0.3 is 11.9 Å². The van der Waals surface area contributed by atoms with Gasteiger partial charge < -0.3 is 9.47 Å². The highest BCUT2D eigenvalue weighted by atomic mass is 32.2. The van der Waals surface area contributed by atoms with Gasteiger partial charge in [-0.3, -0.25) is 14.1 Å². The quantitative estimate of drug-likeness (QED) is 0.0610. The summed E-state index contributed by atoms with van der Waals surface area (Å²) in [6.07, 6.45) is 22.8. The highest BCUT2D eigenvalue weighted by molar-refractivity contribution is 7.87. The smallest absolute Gasteiger partial charge is 0.327 e. The van der Waals surface area contributed by atoms with Crippen molar-refractivity contribution in [3.63, 3.8) is 0 Å². The van der Waals surface area contributed by atoms with Gasteiger partial charge in [0.1, 0.15) is 0 Å². The Morgan fingerprint density at radius 2 is 1.11 bits per heavy atom. The van der Waals surface area contributed by atoms with E-state index < -0.39 is 33.7 Å². The van der Waals surface area contributed by atoms with Crippen LogP contribution >= 0.6 is 0 Å². The summed E-state index contributed by atoms with van der Waals surface area (Å²) in [6.45, 7) is 6.60. The van der Waals surface area contributed by atoms with Crippen molar-refractivity contribution in [2.24, 2.45) is 5.92 Å². The molecule has 0 aromatic carbocycles. The minimum Gasteiger partial charge on any atom is -0.465 e. The van der Waals surface area contributed by atoms with E-state index in [0.29, 0.717) is 6.42 Å². The first kappa shape index (κ1) is 36.8. The molecule has 38 heavy (non-hydrogen) atoms. The summed E-state index contributed by atoms with van der Waals surface area (Å²) in [5, 5.41) is -1.94. The fourth-order valence-corrected chi connectivity index (χ4v) is 5.20. The standard InChI is InChI=1S/C30H58O7S/c1-4-7-9-10-11-12-13-14-15-16-17-18-19-20-21-22-24-36-30(32)28(38(33,34)35)25-29(31)37-26-27(6-3)23-8-5-2/h27-28H,4-26H2,1-3H3,(H,33,34,35). The molecule has 0 amide bonds. The molecule has 0 bridgehead atoms. The second-order valence-electron chi connectivity index (χ2n) is 10.8. The van der Waals surface area contributed by atoms with E-state index in [-0.39, 0.29) is 19.1 Å². The molecular formula is C30H58O7S. The van der Waals surface area contributed by atoms with E-state index in [1.54, 1.807) is 0 Å². The zero-order valence-electron chi connectivity index (χ0n) is 24.7. The minimum absolute atomic E-state index is 0.0767. The lowest BCUT2D eigenvalue weighted by atomic mass is 10.0. The van der Waals surface area contributed by atoms with Crippen molar-refractivity contribution in [3.8, 4) is 0 Å². The Bertz CT molecular complexity index is 678. The van der Waals surface area contributed by atoms with Gasteiger partial charge in [-0.05, 0) is 18.8 Å². The number of esters is 2. The molecule has 0 spiro atoms. The van der Waals surface area contributed by atoms with Crippen LogP contribution in [-0.2, 0) is 29.2 Å². The van der Waals surface area contributed by atoms with E-state index in [9.17, 15) is 22.6 Å². The number of hydrogen-bond donors (Lipinski definition) is 1. The first-order valence-corrected chi connectivity index (χ1v) is 17.0. The van der Waals surface area contributed by atoms with Crippen molar-refractivity contribution in [1.82, 2.24) is 0 Å². The molecule has 0 aromatic rings. The third kappa shape index (κ3) is 21.7. The molecule has 0 saturated heterocycles. The maximum Gasteiger partial charge on any atom is 0.327 e. The van der Waals surface area contributed by atoms with Crippen molar-refractivity contribution in [3.05, 3.63) is 0 Å². The average molecular weight is 563 g/mol. The summed E-state index contributed by atoms with van der Waals surface area (Å²) in [5.41, 5.74) is 0. The molecule has 0 aromatic heterocycles. The number of hydrogen-bond acceptors (Lipinski definition) is 6. The highest BCUT2D eigenvalue weighted by Gasteiger charge is 2.35. The number of carbonyl (C=O) groups excluding carboxylic acids is 2. The summed E-state index contributed by atoms with van der Waals surface area (Å²) in [5.74, 6) is -1.71. The van der Waals surface area contributed by atoms with Crippen LogP contribution in [0.5, 0.6) is 0 Å². The maximum absolute atomic E-state index is 12.3. The topological polar surface area (TPSA) is 107 Å². The second-order valence-corrected chi connectivity index (χ2v) is 12.4. The average Bonchev–Trinajstić information content (AvgIpc) is 2.88. The molecule has 0 aliphatic heterocycles. The second kappa shape index (κ2) is 24.9. The van der Waals surface area contributed by atoms with E-state index in [1.165, 1.54) is 77.0 Å². The van der Waals surface area contributed by atoms with Gasteiger partial charge in [-0.25, -0.2) is 0 Å². The Labute approximate surface area is 234 Å². The van der Waals surface area contributed by atoms with Crippen molar-refractivity contribution < 1.29 is 32.0 Å². The number of unbranched alkanes of at least 4 members (excludes halogenated alkanes) is 16. The zero-order chi connectivity index (χ0) is 28.5. The largest absolute Gasteiger partial charge is 0.465 e. The van der Waals surface area contributed by atoms with Crippen LogP contribution in [0.25, 0.3) is 0 Å². The monoisotopic (exact) mass is 562 g/mol. The molecule has 1 N–H and O–H groups in total. The molecular weight excluding hydrogens is 504 g/mol. The van der Waals surface area contributed by atoms with Gasteiger partial charge in [-0.2, -0.15) is 8.42 Å². The van der Waals surface area contributed by atoms with E-state index in [4.69, 9.17) is 9.47 Å². The Kier molecular flexibility index (Phi) is 24.1. The van der Waals surface area contributed by atoms with Crippen LogP contribution in [0.2, 0.25) is 0 Å². The lowest BCUT2D eigenvalue weighted by Crippen LogP contribution is -2.35. The van der Waals surface area contributed by atoms with E-state index in [0.717, 1.165) is 44.9 Å². The summed E-state index contributed by atoms with van der Waals surface area (Å²) in [4.78, 5) is 24.4. The predicted octanol–water partition coefficient (Wildman–Crippen LogP) is 8.20. The van der Waals surface area contributed by atoms with E-state index in [2.05, 4.69) is 13.8 Å². The third-order valence-electron chi connectivity index (χ3n) is 7.24. The molecule has 226 valence electrons. The number of rotatable bonds is 27. The summed E-state index contributed by atoms with van der Waals surface area (Å²) in [6, 6.07) is 0. The van der Waals surface area contributed by atoms with Gasteiger partial charge in [0, 0.05) is 0 Å². The van der Waals surface area contributed by atoms with Crippen LogP contribution in [0.15, 0.2) is 0 Å².